The maximum Gasteiger partial charge on any atom is 0.159 e. The summed E-state index contributed by atoms with van der Waals surface area (Å²) in [5.41, 5.74) is 12.4. The number of fused-ring (bicyclic) bond motifs is 1. The van der Waals surface area contributed by atoms with Gasteiger partial charge in [0.1, 0.15) is 5.60 Å². The van der Waals surface area contributed by atoms with Crippen LogP contribution in [0.15, 0.2) is 22.7 Å². The molecule has 0 saturated heterocycles. The lowest BCUT2D eigenvalue weighted by Gasteiger charge is -2.33. The number of rotatable bonds is 5. The minimum Gasteiger partial charge on any atom is -0.389 e. The van der Waals surface area contributed by atoms with Crippen LogP contribution in [0.1, 0.15) is 76.7 Å². The highest BCUT2D eigenvalue weighted by atomic mass is 16.7. The molecule has 3 aliphatic rings. The van der Waals surface area contributed by atoms with Gasteiger partial charge in [0.2, 0.25) is 0 Å². The van der Waals surface area contributed by atoms with Crippen molar-refractivity contribution in [3.8, 4) is 0 Å². The molecule has 0 aromatic carbocycles. The summed E-state index contributed by atoms with van der Waals surface area (Å²) < 4.78 is 1.94. The van der Waals surface area contributed by atoms with Crippen molar-refractivity contribution in [2.45, 2.75) is 95.4 Å². The van der Waals surface area contributed by atoms with Crippen LogP contribution in [0.4, 0.5) is 5.69 Å². The van der Waals surface area contributed by atoms with Crippen molar-refractivity contribution in [3.05, 3.63) is 28.4 Å². The van der Waals surface area contributed by atoms with E-state index >= 15 is 0 Å². The minimum absolute atomic E-state index is 0.0738. The van der Waals surface area contributed by atoms with Gasteiger partial charge in [-0.1, -0.05) is 29.5 Å². The van der Waals surface area contributed by atoms with E-state index in [4.69, 9.17) is 15.4 Å². The molecular weight excluding hydrogens is 392 g/mol. The average molecular weight is 423 g/mol. The first-order chi connectivity index (χ1) is 15.2. The Bertz CT molecular complexity index is 1020. The summed E-state index contributed by atoms with van der Waals surface area (Å²) in [7, 11) is 0. The van der Waals surface area contributed by atoms with Gasteiger partial charge in [-0.3, -0.25) is 0 Å². The smallest absolute Gasteiger partial charge is 0.159 e. The fraction of sp³-hybridized carbons (Fsp3) is 0.682. The standard InChI is InChI=1S/C22H30N8O/c1-2-30-21-18(14-25-30)20(26-15-6-4-3-5-7-15)17(13-24-21)19-12-22(31-28-19)10-8-16(9-11-22)27-29-23/h13-16H,2-12H2,1H3,(H,24,26). The van der Waals surface area contributed by atoms with Crippen LogP contribution in [-0.4, -0.2) is 38.2 Å². The molecule has 9 heteroatoms. The van der Waals surface area contributed by atoms with Crippen LogP contribution >= 0.6 is 0 Å². The highest BCUT2D eigenvalue weighted by Gasteiger charge is 2.43. The van der Waals surface area contributed by atoms with E-state index in [0.29, 0.717) is 6.04 Å². The van der Waals surface area contributed by atoms with E-state index in [1.54, 1.807) is 0 Å². The second kappa shape index (κ2) is 8.38. The van der Waals surface area contributed by atoms with Crippen molar-refractivity contribution in [2.75, 3.05) is 5.32 Å². The molecule has 0 amide bonds. The molecule has 3 heterocycles. The number of nitrogens with one attached hydrogen (secondary N) is 1. The average Bonchev–Trinajstić information content (AvgIpc) is 3.41. The van der Waals surface area contributed by atoms with Crippen LogP contribution in [0, 0.1) is 0 Å². The van der Waals surface area contributed by atoms with Crippen molar-refractivity contribution in [3.63, 3.8) is 0 Å². The number of hydrogen-bond acceptors (Lipinski definition) is 6. The third-order valence-electron chi connectivity index (χ3n) is 7.15. The summed E-state index contributed by atoms with van der Waals surface area (Å²) in [5.74, 6) is 0. The zero-order valence-corrected chi connectivity index (χ0v) is 18.1. The molecule has 0 radical (unpaired) electrons. The van der Waals surface area contributed by atoms with E-state index in [0.717, 1.165) is 66.6 Å². The third-order valence-corrected chi connectivity index (χ3v) is 7.15. The van der Waals surface area contributed by atoms with Gasteiger partial charge in [-0.2, -0.15) is 5.10 Å². The summed E-state index contributed by atoms with van der Waals surface area (Å²) in [4.78, 5) is 13.8. The lowest BCUT2D eigenvalue weighted by molar-refractivity contribution is -0.0478. The Balaban J connectivity index is 1.44. The Morgan fingerprint density at radius 1 is 1.23 bits per heavy atom. The number of anilines is 1. The number of hydrogen-bond donors (Lipinski definition) is 1. The largest absolute Gasteiger partial charge is 0.389 e. The number of aromatic nitrogens is 3. The fourth-order valence-corrected chi connectivity index (χ4v) is 5.33. The molecule has 1 spiro atoms. The predicted octanol–water partition coefficient (Wildman–Crippen LogP) is 5.31. The Morgan fingerprint density at radius 3 is 2.77 bits per heavy atom. The van der Waals surface area contributed by atoms with Crippen molar-refractivity contribution in [1.29, 1.82) is 0 Å². The van der Waals surface area contributed by atoms with Gasteiger partial charge in [0, 0.05) is 41.7 Å². The molecule has 31 heavy (non-hydrogen) atoms. The first kappa shape index (κ1) is 20.1. The molecule has 2 fully saturated rings. The SMILES string of the molecule is CCn1ncc2c(NC3CCCCC3)c(C3=NOC4(CCC(N=[N+]=[N-])CC4)C3)cnc21. The normalized spacial score (nSPS) is 26.5. The maximum absolute atomic E-state index is 8.72. The second-order valence-corrected chi connectivity index (χ2v) is 9.15. The van der Waals surface area contributed by atoms with Crippen LogP contribution in [0.25, 0.3) is 21.5 Å². The highest BCUT2D eigenvalue weighted by Crippen LogP contribution is 2.42. The molecule has 164 valence electrons. The van der Waals surface area contributed by atoms with E-state index < -0.39 is 0 Å². The maximum atomic E-state index is 8.72. The number of azide groups is 1. The Kier molecular flexibility index (Phi) is 5.44. The van der Waals surface area contributed by atoms with E-state index in [1.165, 1.54) is 32.1 Å². The van der Waals surface area contributed by atoms with Crippen molar-refractivity contribution in [1.82, 2.24) is 14.8 Å². The minimum atomic E-state index is -0.276. The molecule has 0 atom stereocenters. The topological polar surface area (TPSA) is 113 Å². The molecule has 2 aromatic rings. The summed E-state index contributed by atoms with van der Waals surface area (Å²) in [6, 6.07) is 0.545. The Morgan fingerprint density at radius 2 is 2.03 bits per heavy atom. The van der Waals surface area contributed by atoms with Gasteiger partial charge in [-0.15, -0.1) is 0 Å². The highest BCUT2D eigenvalue weighted by molar-refractivity contribution is 6.10. The van der Waals surface area contributed by atoms with E-state index in [9.17, 15) is 0 Å². The summed E-state index contributed by atoms with van der Waals surface area (Å²) in [5, 5.41) is 17.9. The van der Waals surface area contributed by atoms with E-state index in [-0.39, 0.29) is 11.6 Å². The van der Waals surface area contributed by atoms with Crippen LogP contribution in [0.3, 0.4) is 0 Å². The number of nitrogens with zero attached hydrogens (tertiary/aromatic N) is 7. The van der Waals surface area contributed by atoms with Gasteiger partial charge in [-0.05, 0) is 51.0 Å². The molecule has 2 saturated carbocycles. The Hall–Kier alpha value is -2.80. The van der Waals surface area contributed by atoms with Gasteiger partial charge in [0.05, 0.1) is 23.0 Å². The van der Waals surface area contributed by atoms with E-state index in [2.05, 4.69) is 32.5 Å². The molecule has 1 N–H and O–H groups in total. The van der Waals surface area contributed by atoms with Gasteiger partial charge in [0.15, 0.2) is 5.65 Å². The first-order valence-corrected chi connectivity index (χ1v) is 11.6. The second-order valence-electron chi connectivity index (χ2n) is 9.15. The van der Waals surface area contributed by atoms with Gasteiger partial charge in [-0.25, -0.2) is 9.67 Å². The molecular formula is C22H30N8O. The molecule has 2 aliphatic carbocycles. The third kappa shape index (κ3) is 3.82. The lowest BCUT2D eigenvalue weighted by atomic mass is 9.79. The monoisotopic (exact) mass is 422 g/mol. The fourth-order valence-electron chi connectivity index (χ4n) is 5.33. The van der Waals surface area contributed by atoms with Crippen molar-refractivity contribution >= 4 is 22.4 Å². The summed E-state index contributed by atoms with van der Waals surface area (Å²) in [6.45, 7) is 2.87. The van der Waals surface area contributed by atoms with Gasteiger partial charge >= 0.3 is 0 Å². The Labute approximate surface area is 181 Å². The van der Waals surface area contributed by atoms with Crippen LogP contribution in [0.2, 0.25) is 0 Å². The molecule has 0 bridgehead atoms. The van der Waals surface area contributed by atoms with Crippen molar-refractivity contribution in [2.24, 2.45) is 10.3 Å². The molecule has 2 aromatic heterocycles. The van der Waals surface area contributed by atoms with Crippen LogP contribution in [0.5, 0.6) is 0 Å². The van der Waals surface area contributed by atoms with E-state index in [1.807, 2.05) is 17.1 Å². The predicted molar refractivity (Wildman–Crippen MR) is 120 cm³/mol. The summed E-state index contributed by atoms with van der Waals surface area (Å²) >= 11 is 0. The molecule has 1 aliphatic heterocycles. The molecule has 5 rings (SSSR count). The molecule has 0 unspecified atom stereocenters. The number of oxime groups is 1. The van der Waals surface area contributed by atoms with Gasteiger partial charge in [0.25, 0.3) is 0 Å². The van der Waals surface area contributed by atoms with Crippen molar-refractivity contribution < 1.29 is 4.84 Å². The zero-order valence-electron chi connectivity index (χ0n) is 18.1. The summed E-state index contributed by atoms with van der Waals surface area (Å²) in [6.07, 6.45) is 14.3. The zero-order chi connectivity index (χ0) is 21.3. The van der Waals surface area contributed by atoms with Gasteiger partial charge < -0.3 is 10.2 Å². The lowest BCUT2D eigenvalue weighted by Crippen LogP contribution is -2.35. The quantitative estimate of drug-likeness (QED) is 0.399. The number of pyridine rings is 1. The van der Waals surface area contributed by atoms with Crippen LogP contribution in [-0.2, 0) is 11.4 Å². The number of aryl methyl sites for hydroxylation is 1. The van der Waals surface area contributed by atoms with Crippen LogP contribution < -0.4 is 5.32 Å². The first-order valence-electron chi connectivity index (χ1n) is 11.6. The molecule has 9 nitrogen and oxygen atoms in total.